The molecule has 1 aromatic heterocycles. The maximum atomic E-state index is 8.90. The van der Waals surface area contributed by atoms with Crippen LogP contribution in [0.5, 0.6) is 0 Å². The Morgan fingerprint density at radius 1 is 1.44 bits per heavy atom. The molecule has 0 aliphatic heterocycles. The van der Waals surface area contributed by atoms with E-state index >= 15 is 0 Å². The third kappa shape index (κ3) is 3.06. The van der Waals surface area contributed by atoms with Crippen LogP contribution in [0.25, 0.3) is 0 Å². The summed E-state index contributed by atoms with van der Waals surface area (Å²) in [5.41, 5.74) is 3.72. The van der Waals surface area contributed by atoms with E-state index in [4.69, 9.17) is 5.11 Å². The summed E-state index contributed by atoms with van der Waals surface area (Å²) in [5, 5.41) is 16.7. The number of aliphatic hydroxyl groups is 1. The molecule has 0 aromatic carbocycles. The smallest absolute Gasteiger partial charge is 0.0628 e. The molecule has 1 aromatic rings. The van der Waals surface area contributed by atoms with Crippen molar-refractivity contribution in [1.82, 2.24) is 15.1 Å². The Hall–Kier alpha value is -0.870. The van der Waals surface area contributed by atoms with Crippen molar-refractivity contribution in [2.45, 2.75) is 46.7 Å². The molecule has 4 heteroatoms. The molecular formula is C12H23N3O. The first-order valence-electron chi connectivity index (χ1n) is 5.97. The van der Waals surface area contributed by atoms with Gasteiger partial charge in [-0.3, -0.25) is 4.68 Å². The van der Waals surface area contributed by atoms with Crippen molar-refractivity contribution in [2.24, 2.45) is 0 Å². The summed E-state index contributed by atoms with van der Waals surface area (Å²) in [4.78, 5) is 0. The van der Waals surface area contributed by atoms with Crippen molar-refractivity contribution >= 4 is 0 Å². The van der Waals surface area contributed by atoms with Gasteiger partial charge in [-0.1, -0.05) is 0 Å². The molecule has 92 valence electrons. The second kappa shape index (κ2) is 6.01. The second-order valence-electron chi connectivity index (χ2n) is 4.25. The lowest BCUT2D eigenvalue weighted by molar-refractivity contribution is 0.252. The van der Waals surface area contributed by atoms with E-state index in [1.54, 1.807) is 0 Å². The molecule has 1 rings (SSSR count). The molecule has 0 saturated carbocycles. The summed E-state index contributed by atoms with van der Waals surface area (Å²) in [7, 11) is 0. The zero-order valence-electron chi connectivity index (χ0n) is 10.7. The molecule has 0 spiro atoms. The normalized spacial score (nSPS) is 13.1. The lowest BCUT2D eigenvalue weighted by atomic mass is 10.1. The average Bonchev–Trinajstić information content (AvgIpc) is 2.55. The van der Waals surface area contributed by atoms with E-state index in [0.29, 0.717) is 0 Å². The third-order valence-corrected chi connectivity index (χ3v) is 2.97. The molecule has 0 aliphatic rings. The first-order chi connectivity index (χ1) is 7.60. The molecule has 16 heavy (non-hydrogen) atoms. The quantitative estimate of drug-likeness (QED) is 0.760. The highest BCUT2D eigenvalue weighted by Crippen LogP contribution is 2.13. The summed E-state index contributed by atoms with van der Waals surface area (Å²) < 4.78 is 2.04. The highest BCUT2D eigenvalue weighted by molar-refractivity contribution is 5.24. The molecule has 0 radical (unpaired) electrons. The molecule has 1 atom stereocenters. The molecule has 2 N–H and O–H groups in total. The number of rotatable bonds is 6. The van der Waals surface area contributed by atoms with Crippen LogP contribution < -0.4 is 5.32 Å². The molecule has 0 fully saturated rings. The number of aromatic nitrogens is 2. The van der Waals surface area contributed by atoms with Gasteiger partial charge in [0, 0.05) is 18.3 Å². The molecule has 1 unspecified atom stereocenters. The van der Waals surface area contributed by atoms with Gasteiger partial charge in [-0.2, -0.15) is 5.10 Å². The average molecular weight is 225 g/mol. The monoisotopic (exact) mass is 225 g/mol. The first-order valence-corrected chi connectivity index (χ1v) is 5.97. The lowest BCUT2D eigenvalue weighted by Crippen LogP contribution is -2.31. The van der Waals surface area contributed by atoms with Gasteiger partial charge in [0.25, 0.3) is 0 Å². The van der Waals surface area contributed by atoms with E-state index in [9.17, 15) is 0 Å². The Bertz CT molecular complexity index is 333. The number of hydrogen-bond donors (Lipinski definition) is 2. The summed E-state index contributed by atoms with van der Waals surface area (Å²) in [5.74, 6) is 0. The fraction of sp³-hybridized carbons (Fsp3) is 0.750. The van der Waals surface area contributed by atoms with Gasteiger partial charge in [0.05, 0.1) is 12.3 Å². The van der Waals surface area contributed by atoms with Crippen LogP contribution in [0.1, 0.15) is 30.8 Å². The molecule has 0 bridgehead atoms. The van der Waals surface area contributed by atoms with Gasteiger partial charge in [-0.25, -0.2) is 0 Å². The van der Waals surface area contributed by atoms with Crippen molar-refractivity contribution in [3.05, 3.63) is 17.0 Å². The minimum Gasteiger partial charge on any atom is -0.395 e. The predicted octanol–water partition coefficient (Wildman–Crippen LogP) is 1.03. The fourth-order valence-electron chi connectivity index (χ4n) is 1.91. The Morgan fingerprint density at radius 2 is 2.12 bits per heavy atom. The third-order valence-electron chi connectivity index (χ3n) is 2.97. The van der Waals surface area contributed by atoms with Crippen LogP contribution in [0.15, 0.2) is 0 Å². The Kier molecular flexibility index (Phi) is 4.96. The van der Waals surface area contributed by atoms with Gasteiger partial charge in [0.15, 0.2) is 0 Å². The van der Waals surface area contributed by atoms with Crippen molar-refractivity contribution < 1.29 is 5.11 Å². The van der Waals surface area contributed by atoms with E-state index in [2.05, 4.69) is 31.2 Å². The zero-order valence-corrected chi connectivity index (χ0v) is 10.7. The number of aliphatic hydroxyl groups excluding tert-OH is 1. The first kappa shape index (κ1) is 13.2. The van der Waals surface area contributed by atoms with Crippen LogP contribution in [0.3, 0.4) is 0 Å². The van der Waals surface area contributed by atoms with E-state index < -0.39 is 0 Å². The molecule has 0 aliphatic carbocycles. The minimum absolute atomic E-state index is 0.168. The Balaban J connectivity index is 2.56. The van der Waals surface area contributed by atoms with Crippen molar-refractivity contribution in [3.63, 3.8) is 0 Å². The topological polar surface area (TPSA) is 50.1 Å². The summed E-state index contributed by atoms with van der Waals surface area (Å²) in [6, 6.07) is 0.168. The van der Waals surface area contributed by atoms with Gasteiger partial charge in [-0.15, -0.1) is 0 Å². The molecule has 4 nitrogen and oxygen atoms in total. The second-order valence-corrected chi connectivity index (χ2v) is 4.25. The van der Waals surface area contributed by atoms with Crippen molar-refractivity contribution in [1.29, 1.82) is 0 Å². The van der Waals surface area contributed by atoms with Gasteiger partial charge in [0.2, 0.25) is 0 Å². The van der Waals surface area contributed by atoms with Crippen molar-refractivity contribution in [3.8, 4) is 0 Å². The highest BCUT2D eigenvalue weighted by atomic mass is 16.3. The van der Waals surface area contributed by atoms with Crippen LogP contribution in [-0.2, 0) is 13.0 Å². The highest BCUT2D eigenvalue weighted by Gasteiger charge is 2.10. The van der Waals surface area contributed by atoms with E-state index in [1.807, 2.05) is 11.6 Å². The minimum atomic E-state index is 0.168. The maximum Gasteiger partial charge on any atom is 0.0628 e. The van der Waals surface area contributed by atoms with E-state index in [-0.39, 0.29) is 12.6 Å². The number of aryl methyl sites for hydroxylation is 2. The summed E-state index contributed by atoms with van der Waals surface area (Å²) in [6.45, 7) is 10.3. The standard InChI is InChI=1S/C12H23N3O/c1-5-15-11(4)12(10(3)14-15)6-7-13-9(2)8-16/h9,13,16H,5-8H2,1-4H3. The largest absolute Gasteiger partial charge is 0.395 e. The van der Waals surface area contributed by atoms with Gasteiger partial charge < -0.3 is 10.4 Å². The number of nitrogens with one attached hydrogen (secondary N) is 1. The van der Waals surface area contributed by atoms with E-state index in [1.165, 1.54) is 11.3 Å². The molecule has 0 saturated heterocycles. The predicted molar refractivity (Wildman–Crippen MR) is 65.6 cm³/mol. The number of nitrogens with zero attached hydrogens (tertiary/aromatic N) is 2. The summed E-state index contributed by atoms with van der Waals surface area (Å²) >= 11 is 0. The number of hydrogen-bond acceptors (Lipinski definition) is 3. The van der Waals surface area contributed by atoms with Gasteiger partial charge in [0.1, 0.15) is 0 Å². The van der Waals surface area contributed by atoms with Crippen LogP contribution in [0, 0.1) is 13.8 Å². The summed E-state index contributed by atoms with van der Waals surface area (Å²) in [6.07, 6.45) is 0.974. The zero-order chi connectivity index (χ0) is 12.1. The van der Waals surface area contributed by atoms with Crippen LogP contribution in [-0.4, -0.2) is 34.1 Å². The molecule has 0 amide bonds. The Labute approximate surface area is 97.7 Å². The van der Waals surface area contributed by atoms with Gasteiger partial charge in [-0.05, 0) is 46.2 Å². The Morgan fingerprint density at radius 3 is 2.62 bits per heavy atom. The van der Waals surface area contributed by atoms with Crippen molar-refractivity contribution in [2.75, 3.05) is 13.2 Å². The lowest BCUT2D eigenvalue weighted by Gasteiger charge is -2.10. The maximum absolute atomic E-state index is 8.90. The molecule has 1 heterocycles. The van der Waals surface area contributed by atoms with Crippen LogP contribution >= 0.6 is 0 Å². The van der Waals surface area contributed by atoms with Crippen LogP contribution in [0.2, 0.25) is 0 Å². The van der Waals surface area contributed by atoms with Gasteiger partial charge >= 0.3 is 0 Å². The van der Waals surface area contributed by atoms with E-state index in [0.717, 1.165) is 25.2 Å². The molecular weight excluding hydrogens is 202 g/mol. The fourth-order valence-corrected chi connectivity index (χ4v) is 1.91. The SMILES string of the molecule is CCn1nc(C)c(CCNC(C)CO)c1C. The van der Waals surface area contributed by atoms with Crippen LogP contribution in [0.4, 0.5) is 0 Å².